The highest BCUT2D eigenvalue weighted by atomic mass is 28.4. The van der Waals surface area contributed by atoms with E-state index < -0.39 is 49.7 Å². The van der Waals surface area contributed by atoms with Gasteiger partial charge in [-0.2, -0.15) is 26.3 Å². The summed E-state index contributed by atoms with van der Waals surface area (Å²) in [6.45, 7) is 5.94. The molecule has 1 aromatic rings. The average Bonchev–Trinajstić information content (AvgIpc) is 2.34. The Kier molecular flexibility index (Phi) is 6.13. The van der Waals surface area contributed by atoms with E-state index in [0.717, 1.165) is 0 Å². The van der Waals surface area contributed by atoms with Crippen LogP contribution in [0.2, 0.25) is 0 Å². The fraction of sp³-hybridized carbons (Fsp3) is 0.571. The van der Waals surface area contributed by atoms with Crippen LogP contribution in [0, 0.1) is 0 Å². The first-order valence-electron chi connectivity index (χ1n) is 7.03. The van der Waals surface area contributed by atoms with Gasteiger partial charge in [0.2, 0.25) is 0 Å². The zero-order chi connectivity index (χ0) is 18.9. The van der Waals surface area contributed by atoms with E-state index in [0.29, 0.717) is 12.1 Å². The summed E-state index contributed by atoms with van der Waals surface area (Å²) in [7, 11) is -4.47. The van der Waals surface area contributed by atoms with E-state index in [1.807, 2.05) is 0 Å². The molecule has 3 nitrogen and oxygen atoms in total. The summed E-state index contributed by atoms with van der Waals surface area (Å²) < 4.78 is 88.0. The van der Waals surface area contributed by atoms with Crippen molar-refractivity contribution >= 4 is 14.0 Å². The molecule has 0 aromatic heterocycles. The van der Waals surface area contributed by atoms with Gasteiger partial charge in [-0.1, -0.05) is 0 Å². The molecule has 1 aromatic carbocycles. The van der Waals surface area contributed by atoms with E-state index >= 15 is 0 Å². The molecule has 0 aliphatic carbocycles. The number of hydrogen-bond donors (Lipinski definition) is 1. The highest BCUT2D eigenvalue weighted by Gasteiger charge is 2.46. The van der Waals surface area contributed by atoms with E-state index in [2.05, 4.69) is 0 Å². The van der Waals surface area contributed by atoms with Gasteiger partial charge in [-0.25, -0.2) is 0 Å². The second kappa shape index (κ2) is 7.02. The predicted octanol–water partition coefficient (Wildman–Crippen LogP) is 3.71. The molecule has 0 atom stereocenters. The fourth-order valence-corrected chi connectivity index (χ4v) is 4.22. The first-order valence-corrected chi connectivity index (χ1v) is 8.79. The van der Waals surface area contributed by atoms with Gasteiger partial charge >= 0.3 is 21.2 Å². The van der Waals surface area contributed by atoms with Crippen LogP contribution in [0.5, 0.6) is 0 Å². The quantitative estimate of drug-likeness (QED) is 0.629. The van der Waals surface area contributed by atoms with Crippen LogP contribution in [0.25, 0.3) is 0 Å². The highest BCUT2D eigenvalue weighted by Crippen LogP contribution is 2.35. The zero-order valence-corrected chi connectivity index (χ0v) is 14.4. The summed E-state index contributed by atoms with van der Waals surface area (Å²) in [5.41, 5.74) is -3.06. The topological polar surface area (TPSA) is 38.7 Å². The van der Waals surface area contributed by atoms with Crippen LogP contribution in [0.15, 0.2) is 18.2 Å². The van der Waals surface area contributed by atoms with Crippen molar-refractivity contribution in [1.29, 1.82) is 0 Å². The Bertz CT molecular complexity index is 526. The molecule has 0 aliphatic rings. The normalized spacial score (nSPS) is 13.9. The Balaban J connectivity index is 3.57. The van der Waals surface area contributed by atoms with Crippen molar-refractivity contribution in [2.75, 3.05) is 0 Å². The SMILES string of the molecule is CC(C)O[Si](O)(OC(C)C)c1cc(C(F)(F)F)cc(C(F)(F)F)c1. The zero-order valence-electron chi connectivity index (χ0n) is 13.4. The number of hydrogen-bond acceptors (Lipinski definition) is 3. The van der Waals surface area contributed by atoms with Crippen LogP contribution in [-0.4, -0.2) is 25.8 Å². The smallest absolute Gasteiger partial charge is 0.386 e. The van der Waals surface area contributed by atoms with Gasteiger partial charge < -0.3 is 13.6 Å². The Hall–Kier alpha value is -1.10. The molecular weight excluding hydrogens is 358 g/mol. The second-order valence-corrected chi connectivity index (χ2v) is 7.92. The molecule has 0 amide bonds. The van der Waals surface area contributed by atoms with Crippen molar-refractivity contribution in [3.05, 3.63) is 29.3 Å². The van der Waals surface area contributed by atoms with Gasteiger partial charge in [0.1, 0.15) is 0 Å². The van der Waals surface area contributed by atoms with Crippen LogP contribution in [0.1, 0.15) is 38.8 Å². The van der Waals surface area contributed by atoms with E-state index in [9.17, 15) is 31.1 Å². The standard InChI is InChI=1S/C14H18F6O3Si/c1-8(2)22-24(21,23-9(3)4)12-6-10(13(15,16)17)5-11(7-12)14(18,19)20/h5-9,21H,1-4H3. The number of rotatable bonds is 5. The molecule has 1 N–H and O–H groups in total. The molecule has 0 radical (unpaired) electrons. The summed E-state index contributed by atoms with van der Waals surface area (Å²) in [6, 6.07) is 0.863. The lowest BCUT2D eigenvalue weighted by Crippen LogP contribution is -2.57. The first-order chi connectivity index (χ1) is 10.6. The van der Waals surface area contributed by atoms with E-state index in [4.69, 9.17) is 8.85 Å². The summed E-state index contributed by atoms with van der Waals surface area (Å²) >= 11 is 0. The third kappa shape index (κ3) is 5.47. The highest BCUT2D eigenvalue weighted by molar-refractivity contribution is 6.74. The summed E-state index contributed by atoms with van der Waals surface area (Å²) in [6.07, 6.45) is -11.4. The maximum atomic E-state index is 12.9. The third-order valence-electron chi connectivity index (χ3n) is 2.74. The largest absolute Gasteiger partial charge is 0.534 e. The van der Waals surface area contributed by atoms with Gasteiger partial charge in [-0.05, 0) is 45.9 Å². The van der Waals surface area contributed by atoms with E-state index in [-0.39, 0.29) is 6.07 Å². The summed E-state index contributed by atoms with van der Waals surface area (Å²) in [5.74, 6) is 0. The molecule has 24 heavy (non-hydrogen) atoms. The minimum Gasteiger partial charge on any atom is -0.386 e. The molecule has 0 saturated heterocycles. The Morgan fingerprint density at radius 1 is 0.792 bits per heavy atom. The van der Waals surface area contributed by atoms with Crippen molar-refractivity contribution in [1.82, 2.24) is 0 Å². The van der Waals surface area contributed by atoms with Gasteiger partial charge in [0.15, 0.2) is 0 Å². The number of benzene rings is 1. The van der Waals surface area contributed by atoms with Crippen molar-refractivity contribution in [3.8, 4) is 0 Å². The Morgan fingerprint density at radius 2 is 1.12 bits per heavy atom. The second-order valence-electron chi connectivity index (χ2n) is 5.71. The maximum absolute atomic E-state index is 12.9. The number of halogens is 6. The minimum absolute atomic E-state index is 0.0108. The molecule has 0 bridgehead atoms. The van der Waals surface area contributed by atoms with E-state index in [1.165, 1.54) is 27.7 Å². The van der Waals surface area contributed by atoms with Gasteiger partial charge in [0, 0.05) is 17.4 Å². The molecular formula is C14H18F6O3Si. The monoisotopic (exact) mass is 376 g/mol. The molecule has 138 valence electrons. The number of alkyl halides is 6. The molecule has 0 saturated carbocycles. The summed E-state index contributed by atoms with van der Waals surface area (Å²) in [5, 5.41) is -0.646. The molecule has 0 unspecified atom stereocenters. The summed E-state index contributed by atoms with van der Waals surface area (Å²) in [4.78, 5) is 10.6. The van der Waals surface area contributed by atoms with Crippen molar-refractivity contribution < 1.29 is 40.0 Å². The lowest BCUT2D eigenvalue weighted by Gasteiger charge is -2.29. The van der Waals surface area contributed by atoms with Gasteiger partial charge in [0.05, 0.1) is 11.1 Å². The Morgan fingerprint density at radius 3 is 1.38 bits per heavy atom. The lowest BCUT2D eigenvalue weighted by molar-refractivity contribution is -0.143. The average molecular weight is 376 g/mol. The van der Waals surface area contributed by atoms with Crippen molar-refractivity contribution in [2.45, 2.75) is 52.3 Å². The Labute approximate surface area is 136 Å². The van der Waals surface area contributed by atoms with Gasteiger partial charge in [-0.3, -0.25) is 0 Å². The maximum Gasteiger partial charge on any atom is 0.534 e. The fourth-order valence-electron chi connectivity index (χ4n) is 1.94. The molecule has 0 spiro atoms. The van der Waals surface area contributed by atoms with Crippen LogP contribution in [-0.2, 0) is 21.2 Å². The predicted molar refractivity (Wildman–Crippen MR) is 76.5 cm³/mol. The minimum atomic E-state index is -5.01. The van der Waals surface area contributed by atoms with E-state index in [1.54, 1.807) is 0 Å². The van der Waals surface area contributed by atoms with Crippen molar-refractivity contribution in [2.24, 2.45) is 0 Å². The van der Waals surface area contributed by atoms with Gasteiger partial charge in [0.25, 0.3) is 0 Å². The molecule has 10 heteroatoms. The van der Waals surface area contributed by atoms with Gasteiger partial charge in [-0.15, -0.1) is 0 Å². The van der Waals surface area contributed by atoms with Crippen LogP contribution >= 0.6 is 0 Å². The molecule has 1 rings (SSSR count). The van der Waals surface area contributed by atoms with Crippen LogP contribution in [0.4, 0.5) is 26.3 Å². The lowest BCUT2D eigenvalue weighted by atomic mass is 10.1. The van der Waals surface area contributed by atoms with Crippen molar-refractivity contribution in [3.63, 3.8) is 0 Å². The molecule has 0 aliphatic heterocycles. The molecule has 0 heterocycles. The first kappa shape index (κ1) is 20.9. The molecule has 0 fully saturated rings. The van der Waals surface area contributed by atoms with Crippen LogP contribution < -0.4 is 5.19 Å². The van der Waals surface area contributed by atoms with Crippen LogP contribution in [0.3, 0.4) is 0 Å². The third-order valence-corrected chi connectivity index (χ3v) is 5.34.